The van der Waals surface area contributed by atoms with Gasteiger partial charge in [0, 0.05) is 12.3 Å². The van der Waals surface area contributed by atoms with E-state index >= 15 is 0 Å². The Labute approximate surface area is 91.3 Å². The first-order chi connectivity index (χ1) is 6.22. The zero-order chi connectivity index (χ0) is 9.42. The van der Waals surface area contributed by atoms with Crippen LogP contribution in [0.2, 0.25) is 0 Å². The lowest BCUT2D eigenvalue weighted by Crippen LogP contribution is -2.05. The Morgan fingerprint density at radius 3 is 2.69 bits per heavy atom. The van der Waals surface area contributed by atoms with E-state index < -0.39 is 0 Å². The van der Waals surface area contributed by atoms with E-state index in [4.69, 9.17) is 5.73 Å². The number of anilines is 1. The number of rotatable bonds is 2. The molecule has 0 bridgehead atoms. The summed E-state index contributed by atoms with van der Waals surface area (Å²) >= 11 is 2.24. The standard InChI is InChI=1S/C9H12IN3/c1-2-6-12-8(5-3-4-5)7(10)9(11)13-6/h5H,2-4H2,1H3,(H2,11,12,13). The van der Waals surface area contributed by atoms with Crippen molar-refractivity contribution in [1.82, 2.24) is 9.97 Å². The van der Waals surface area contributed by atoms with Gasteiger partial charge in [-0.3, -0.25) is 0 Å². The predicted octanol–water partition coefficient (Wildman–Crippen LogP) is 2.10. The van der Waals surface area contributed by atoms with Crippen LogP contribution in [0.25, 0.3) is 0 Å². The molecule has 70 valence electrons. The van der Waals surface area contributed by atoms with Gasteiger partial charge in [-0.1, -0.05) is 6.92 Å². The highest BCUT2D eigenvalue weighted by Gasteiger charge is 2.28. The summed E-state index contributed by atoms with van der Waals surface area (Å²) < 4.78 is 1.05. The molecule has 0 saturated heterocycles. The summed E-state index contributed by atoms with van der Waals surface area (Å²) in [4.78, 5) is 8.74. The molecule has 0 amide bonds. The molecule has 2 N–H and O–H groups in total. The lowest BCUT2D eigenvalue weighted by atomic mass is 10.2. The fourth-order valence-electron chi connectivity index (χ4n) is 1.32. The zero-order valence-corrected chi connectivity index (χ0v) is 9.71. The normalized spacial score (nSPS) is 16.2. The maximum atomic E-state index is 5.80. The van der Waals surface area contributed by atoms with Crippen LogP contribution in [0, 0.1) is 3.57 Å². The summed E-state index contributed by atoms with van der Waals surface area (Å²) in [6.45, 7) is 2.05. The summed E-state index contributed by atoms with van der Waals surface area (Å²) in [6.07, 6.45) is 3.38. The highest BCUT2D eigenvalue weighted by Crippen LogP contribution is 2.41. The van der Waals surface area contributed by atoms with Crippen molar-refractivity contribution in [2.24, 2.45) is 0 Å². The lowest BCUT2D eigenvalue weighted by molar-refractivity contribution is 0.878. The Bertz CT molecular complexity index is 334. The van der Waals surface area contributed by atoms with Gasteiger partial charge in [-0.05, 0) is 35.4 Å². The van der Waals surface area contributed by atoms with Gasteiger partial charge in [0.05, 0.1) is 9.26 Å². The van der Waals surface area contributed by atoms with E-state index in [0.717, 1.165) is 15.8 Å². The molecule has 1 aromatic rings. The van der Waals surface area contributed by atoms with E-state index in [9.17, 15) is 0 Å². The molecule has 0 atom stereocenters. The Morgan fingerprint density at radius 1 is 1.46 bits per heavy atom. The molecular weight excluding hydrogens is 277 g/mol. The topological polar surface area (TPSA) is 51.8 Å². The molecule has 2 rings (SSSR count). The highest BCUT2D eigenvalue weighted by atomic mass is 127. The Morgan fingerprint density at radius 2 is 2.15 bits per heavy atom. The number of hydrogen-bond acceptors (Lipinski definition) is 3. The zero-order valence-electron chi connectivity index (χ0n) is 7.55. The summed E-state index contributed by atoms with van der Waals surface area (Å²) in [7, 11) is 0. The van der Waals surface area contributed by atoms with Crippen LogP contribution < -0.4 is 5.73 Å². The molecule has 0 aliphatic heterocycles. The van der Waals surface area contributed by atoms with Gasteiger partial charge in [-0.25, -0.2) is 9.97 Å². The van der Waals surface area contributed by atoms with Crippen LogP contribution in [-0.4, -0.2) is 9.97 Å². The Balaban J connectivity index is 2.46. The second-order valence-corrected chi connectivity index (χ2v) is 4.43. The molecule has 0 unspecified atom stereocenters. The van der Waals surface area contributed by atoms with Crippen molar-refractivity contribution in [1.29, 1.82) is 0 Å². The average molecular weight is 289 g/mol. The molecule has 0 spiro atoms. The number of halogens is 1. The van der Waals surface area contributed by atoms with E-state index in [1.807, 2.05) is 0 Å². The van der Waals surface area contributed by atoms with Crippen molar-refractivity contribution in [2.75, 3.05) is 5.73 Å². The number of aryl methyl sites for hydroxylation is 1. The minimum absolute atomic E-state index is 0.648. The average Bonchev–Trinajstić information content (AvgIpc) is 2.92. The number of nitrogens with two attached hydrogens (primary N) is 1. The van der Waals surface area contributed by atoms with Gasteiger partial charge in [-0.2, -0.15) is 0 Å². The van der Waals surface area contributed by atoms with Crippen LogP contribution in [0.3, 0.4) is 0 Å². The molecule has 1 saturated carbocycles. The summed E-state index contributed by atoms with van der Waals surface area (Å²) in [5.74, 6) is 2.18. The van der Waals surface area contributed by atoms with Crippen molar-refractivity contribution >= 4 is 28.4 Å². The van der Waals surface area contributed by atoms with E-state index in [1.165, 1.54) is 18.5 Å². The monoisotopic (exact) mass is 289 g/mol. The lowest BCUT2D eigenvalue weighted by Gasteiger charge is -2.06. The van der Waals surface area contributed by atoms with Crippen LogP contribution in [0.5, 0.6) is 0 Å². The van der Waals surface area contributed by atoms with Crippen molar-refractivity contribution in [2.45, 2.75) is 32.1 Å². The molecule has 0 radical (unpaired) electrons. The largest absolute Gasteiger partial charge is 0.383 e. The van der Waals surface area contributed by atoms with E-state index in [2.05, 4.69) is 39.5 Å². The number of nitrogens with zero attached hydrogens (tertiary/aromatic N) is 2. The van der Waals surface area contributed by atoms with Crippen LogP contribution in [-0.2, 0) is 6.42 Å². The molecular formula is C9H12IN3. The Kier molecular flexibility index (Phi) is 2.40. The second kappa shape index (κ2) is 3.40. The minimum Gasteiger partial charge on any atom is -0.383 e. The van der Waals surface area contributed by atoms with Crippen molar-refractivity contribution in [3.63, 3.8) is 0 Å². The summed E-state index contributed by atoms with van der Waals surface area (Å²) in [5.41, 5.74) is 6.98. The smallest absolute Gasteiger partial charge is 0.140 e. The van der Waals surface area contributed by atoms with E-state index in [-0.39, 0.29) is 0 Å². The third-order valence-corrected chi connectivity index (χ3v) is 3.33. The molecule has 1 aliphatic carbocycles. The number of aromatic nitrogens is 2. The third-order valence-electron chi connectivity index (χ3n) is 2.23. The van der Waals surface area contributed by atoms with E-state index in [1.54, 1.807) is 0 Å². The van der Waals surface area contributed by atoms with Gasteiger partial charge < -0.3 is 5.73 Å². The predicted molar refractivity (Wildman–Crippen MR) is 60.5 cm³/mol. The van der Waals surface area contributed by atoms with Gasteiger partial charge in [-0.15, -0.1) is 0 Å². The highest BCUT2D eigenvalue weighted by molar-refractivity contribution is 14.1. The first kappa shape index (κ1) is 9.18. The fraction of sp³-hybridized carbons (Fsp3) is 0.556. The minimum atomic E-state index is 0.648. The number of nitrogen functional groups attached to an aromatic ring is 1. The van der Waals surface area contributed by atoms with Gasteiger partial charge >= 0.3 is 0 Å². The SMILES string of the molecule is CCc1nc(N)c(I)c(C2CC2)n1. The molecule has 1 fully saturated rings. The molecule has 1 aromatic heterocycles. The number of hydrogen-bond donors (Lipinski definition) is 1. The quantitative estimate of drug-likeness (QED) is 0.848. The fourth-order valence-corrected chi connectivity index (χ4v) is 2.00. The molecule has 13 heavy (non-hydrogen) atoms. The molecule has 0 aromatic carbocycles. The molecule has 1 aliphatic rings. The summed E-state index contributed by atoms with van der Waals surface area (Å²) in [6, 6.07) is 0. The Hall–Kier alpha value is -0.390. The first-order valence-corrected chi connectivity index (χ1v) is 5.62. The van der Waals surface area contributed by atoms with Crippen LogP contribution in [0.15, 0.2) is 0 Å². The maximum absolute atomic E-state index is 5.80. The molecule has 3 nitrogen and oxygen atoms in total. The van der Waals surface area contributed by atoms with E-state index in [0.29, 0.717) is 11.7 Å². The van der Waals surface area contributed by atoms with Crippen molar-refractivity contribution in [3.05, 3.63) is 15.1 Å². The van der Waals surface area contributed by atoms with Gasteiger partial charge in [0.2, 0.25) is 0 Å². The maximum Gasteiger partial charge on any atom is 0.140 e. The second-order valence-electron chi connectivity index (χ2n) is 3.35. The van der Waals surface area contributed by atoms with Crippen molar-refractivity contribution < 1.29 is 0 Å². The van der Waals surface area contributed by atoms with Crippen LogP contribution in [0.4, 0.5) is 5.82 Å². The van der Waals surface area contributed by atoms with Crippen LogP contribution >= 0.6 is 22.6 Å². The van der Waals surface area contributed by atoms with Crippen LogP contribution in [0.1, 0.15) is 37.2 Å². The van der Waals surface area contributed by atoms with Gasteiger partial charge in [0.15, 0.2) is 0 Å². The molecule has 1 heterocycles. The molecule has 4 heteroatoms. The third kappa shape index (κ3) is 1.77. The first-order valence-electron chi connectivity index (χ1n) is 4.54. The van der Waals surface area contributed by atoms with Gasteiger partial charge in [0.25, 0.3) is 0 Å². The summed E-state index contributed by atoms with van der Waals surface area (Å²) in [5, 5.41) is 0. The van der Waals surface area contributed by atoms with Gasteiger partial charge in [0.1, 0.15) is 11.6 Å². The van der Waals surface area contributed by atoms with Crippen molar-refractivity contribution in [3.8, 4) is 0 Å².